The SMILES string of the molecule is CC1CC(N)CCN1Cc1cccc(C(N)=O)c1. The van der Waals surface area contributed by atoms with E-state index in [1.54, 1.807) is 6.07 Å². The molecule has 1 heterocycles. The van der Waals surface area contributed by atoms with Gasteiger partial charge in [-0.15, -0.1) is 0 Å². The fraction of sp³-hybridized carbons (Fsp3) is 0.500. The molecule has 2 atom stereocenters. The van der Waals surface area contributed by atoms with Gasteiger partial charge in [-0.05, 0) is 37.5 Å². The van der Waals surface area contributed by atoms with E-state index in [9.17, 15) is 4.79 Å². The van der Waals surface area contributed by atoms with Crippen LogP contribution >= 0.6 is 0 Å². The molecule has 1 amide bonds. The third kappa shape index (κ3) is 3.09. The number of carbonyl (C=O) groups is 1. The smallest absolute Gasteiger partial charge is 0.248 e. The Morgan fingerprint density at radius 3 is 2.94 bits per heavy atom. The van der Waals surface area contributed by atoms with E-state index in [0.29, 0.717) is 17.6 Å². The van der Waals surface area contributed by atoms with Gasteiger partial charge in [0.2, 0.25) is 5.91 Å². The molecule has 1 aliphatic heterocycles. The number of nitrogens with zero attached hydrogens (tertiary/aromatic N) is 1. The summed E-state index contributed by atoms with van der Waals surface area (Å²) in [5.74, 6) is -0.370. The third-order valence-electron chi connectivity index (χ3n) is 3.65. The average Bonchev–Trinajstić information content (AvgIpc) is 2.33. The summed E-state index contributed by atoms with van der Waals surface area (Å²) in [5.41, 5.74) is 13.0. The third-order valence-corrected chi connectivity index (χ3v) is 3.65. The minimum absolute atomic E-state index is 0.327. The number of rotatable bonds is 3. The van der Waals surface area contributed by atoms with Gasteiger partial charge in [-0.1, -0.05) is 12.1 Å². The number of amides is 1. The van der Waals surface area contributed by atoms with Gasteiger partial charge in [0.05, 0.1) is 0 Å². The molecule has 0 saturated carbocycles. The van der Waals surface area contributed by atoms with Gasteiger partial charge in [0.15, 0.2) is 0 Å². The van der Waals surface area contributed by atoms with Gasteiger partial charge in [0, 0.05) is 30.7 Å². The Balaban J connectivity index is 2.05. The molecule has 1 aromatic carbocycles. The molecule has 18 heavy (non-hydrogen) atoms. The van der Waals surface area contributed by atoms with E-state index < -0.39 is 0 Å². The highest BCUT2D eigenvalue weighted by Gasteiger charge is 2.23. The molecule has 1 aromatic rings. The van der Waals surface area contributed by atoms with Gasteiger partial charge in [-0.2, -0.15) is 0 Å². The molecule has 0 aliphatic carbocycles. The number of nitrogens with two attached hydrogens (primary N) is 2. The summed E-state index contributed by atoms with van der Waals surface area (Å²) >= 11 is 0. The van der Waals surface area contributed by atoms with Crippen LogP contribution in [0.5, 0.6) is 0 Å². The van der Waals surface area contributed by atoms with Crippen LogP contribution in [-0.2, 0) is 6.54 Å². The molecule has 0 radical (unpaired) electrons. The Morgan fingerprint density at radius 1 is 1.50 bits per heavy atom. The number of hydrogen-bond acceptors (Lipinski definition) is 3. The van der Waals surface area contributed by atoms with Gasteiger partial charge >= 0.3 is 0 Å². The highest BCUT2D eigenvalue weighted by atomic mass is 16.1. The Kier molecular flexibility index (Phi) is 3.99. The molecule has 2 unspecified atom stereocenters. The standard InChI is InChI=1S/C14H21N3O/c1-10-7-13(15)5-6-17(10)9-11-3-2-4-12(8-11)14(16)18/h2-4,8,10,13H,5-7,9,15H2,1H3,(H2,16,18). The predicted octanol–water partition coefficient (Wildman–Crippen LogP) is 1.10. The molecule has 4 nitrogen and oxygen atoms in total. The second-order valence-electron chi connectivity index (χ2n) is 5.17. The highest BCUT2D eigenvalue weighted by molar-refractivity contribution is 5.92. The molecule has 1 saturated heterocycles. The number of likely N-dealkylation sites (tertiary alicyclic amines) is 1. The lowest BCUT2D eigenvalue weighted by molar-refractivity contribution is 0.1000. The van der Waals surface area contributed by atoms with Crippen LogP contribution in [0.4, 0.5) is 0 Å². The van der Waals surface area contributed by atoms with E-state index >= 15 is 0 Å². The summed E-state index contributed by atoms with van der Waals surface area (Å²) in [4.78, 5) is 13.6. The van der Waals surface area contributed by atoms with Crippen LogP contribution in [0.2, 0.25) is 0 Å². The second-order valence-corrected chi connectivity index (χ2v) is 5.17. The minimum Gasteiger partial charge on any atom is -0.366 e. The van der Waals surface area contributed by atoms with Crippen molar-refractivity contribution in [3.8, 4) is 0 Å². The summed E-state index contributed by atoms with van der Waals surface area (Å²) in [6.07, 6.45) is 2.08. The maximum Gasteiger partial charge on any atom is 0.248 e. The van der Waals surface area contributed by atoms with E-state index in [-0.39, 0.29) is 5.91 Å². The van der Waals surface area contributed by atoms with Crippen molar-refractivity contribution in [2.75, 3.05) is 6.54 Å². The van der Waals surface area contributed by atoms with Crippen molar-refractivity contribution in [2.45, 2.75) is 38.4 Å². The number of piperidine rings is 1. The van der Waals surface area contributed by atoms with E-state index in [1.807, 2.05) is 18.2 Å². The zero-order valence-corrected chi connectivity index (χ0v) is 10.8. The molecule has 1 aliphatic rings. The first-order valence-electron chi connectivity index (χ1n) is 6.44. The lowest BCUT2D eigenvalue weighted by Crippen LogP contribution is -2.44. The molecule has 2 rings (SSSR count). The predicted molar refractivity (Wildman–Crippen MR) is 72.0 cm³/mol. The molecule has 4 heteroatoms. The second kappa shape index (κ2) is 5.50. The summed E-state index contributed by atoms with van der Waals surface area (Å²) in [7, 11) is 0. The Labute approximate surface area is 108 Å². The number of primary amides is 1. The van der Waals surface area contributed by atoms with Crippen LogP contribution < -0.4 is 11.5 Å². The molecule has 98 valence electrons. The molecule has 0 bridgehead atoms. The van der Waals surface area contributed by atoms with Crippen LogP contribution in [-0.4, -0.2) is 29.4 Å². The molecule has 1 fully saturated rings. The zero-order valence-electron chi connectivity index (χ0n) is 10.8. The average molecular weight is 247 g/mol. The largest absolute Gasteiger partial charge is 0.366 e. The monoisotopic (exact) mass is 247 g/mol. The summed E-state index contributed by atoms with van der Waals surface area (Å²) < 4.78 is 0. The van der Waals surface area contributed by atoms with Crippen molar-refractivity contribution in [3.63, 3.8) is 0 Å². The minimum atomic E-state index is -0.370. The van der Waals surface area contributed by atoms with E-state index in [2.05, 4.69) is 11.8 Å². The van der Waals surface area contributed by atoms with E-state index in [1.165, 1.54) is 0 Å². The van der Waals surface area contributed by atoms with Gasteiger partial charge in [-0.25, -0.2) is 0 Å². The lowest BCUT2D eigenvalue weighted by atomic mass is 9.98. The number of hydrogen-bond donors (Lipinski definition) is 2. The molecular formula is C14H21N3O. The first-order valence-corrected chi connectivity index (χ1v) is 6.44. The Hall–Kier alpha value is -1.39. The Bertz CT molecular complexity index is 433. The maximum atomic E-state index is 11.1. The van der Waals surface area contributed by atoms with Crippen LogP contribution in [0.25, 0.3) is 0 Å². The lowest BCUT2D eigenvalue weighted by Gasteiger charge is -2.36. The number of carbonyl (C=O) groups excluding carboxylic acids is 1. The van der Waals surface area contributed by atoms with E-state index in [4.69, 9.17) is 11.5 Å². The first kappa shape index (κ1) is 13.1. The van der Waals surface area contributed by atoms with Crippen LogP contribution in [0.1, 0.15) is 35.7 Å². The van der Waals surface area contributed by atoms with Gasteiger partial charge < -0.3 is 11.5 Å². The quantitative estimate of drug-likeness (QED) is 0.840. The fourth-order valence-electron chi connectivity index (χ4n) is 2.55. The number of benzene rings is 1. The Morgan fingerprint density at radius 2 is 2.28 bits per heavy atom. The molecular weight excluding hydrogens is 226 g/mol. The van der Waals surface area contributed by atoms with Crippen molar-refractivity contribution >= 4 is 5.91 Å². The van der Waals surface area contributed by atoms with E-state index in [0.717, 1.165) is 31.5 Å². The van der Waals surface area contributed by atoms with Gasteiger partial charge in [-0.3, -0.25) is 9.69 Å². The highest BCUT2D eigenvalue weighted by Crippen LogP contribution is 2.19. The van der Waals surface area contributed by atoms with Crippen molar-refractivity contribution in [3.05, 3.63) is 35.4 Å². The molecule has 4 N–H and O–H groups in total. The van der Waals surface area contributed by atoms with Crippen molar-refractivity contribution in [1.82, 2.24) is 4.90 Å². The van der Waals surface area contributed by atoms with Crippen LogP contribution in [0, 0.1) is 0 Å². The van der Waals surface area contributed by atoms with Crippen molar-refractivity contribution in [1.29, 1.82) is 0 Å². The van der Waals surface area contributed by atoms with Crippen molar-refractivity contribution < 1.29 is 4.79 Å². The summed E-state index contributed by atoms with van der Waals surface area (Å²) in [5, 5.41) is 0. The van der Waals surface area contributed by atoms with Gasteiger partial charge in [0.1, 0.15) is 0 Å². The molecule has 0 spiro atoms. The van der Waals surface area contributed by atoms with Crippen molar-refractivity contribution in [2.24, 2.45) is 11.5 Å². The summed E-state index contributed by atoms with van der Waals surface area (Å²) in [6, 6.07) is 8.37. The topological polar surface area (TPSA) is 72.3 Å². The van der Waals surface area contributed by atoms with Crippen LogP contribution in [0.15, 0.2) is 24.3 Å². The maximum absolute atomic E-state index is 11.1. The fourth-order valence-corrected chi connectivity index (χ4v) is 2.55. The first-order chi connectivity index (χ1) is 8.56. The van der Waals surface area contributed by atoms with Gasteiger partial charge in [0.25, 0.3) is 0 Å². The van der Waals surface area contributed by atoms with Crippen LogP contribution in [0.3, 0.4) is 0 Å². The molecule has 0 aromatic heterocycles. The zero-order chi connectivity index (χ0) is 13.1. The summed E-state index contributed by atoms with van der Waals surface area (Å²) in [6.45, 7) is 4.08. The normalized spacial score (nSPS) is 25.0.